The molecule has 1 aromatic heterocycles. The highest BCUT2D eigenvalue weighted by molar-refractivity contribution is 5.92. The third-order valence-electron chi connectivity index (χ3n) is 3.34. The average Bonchev–Trinajstić information content (AvgIpc) is 2.97. The van der Waals surface area contributed by atoms with E-state index in [0.717, 1.165) is 0 Å². The van der Waals surface area contributed by atoms with Crippen LogP contribution in [0.25, 0.3) is 0 Å². The Hall–Kier alpha value is -2.04. The molecule has 0 unspecified atom stereocenters. The second kappa shape index (κ2) is 6.16. The predicted molar refractivity (Wildman–Crippen MR) is 79.8 cm³/mol. The molecule has 0 radical (unpaired) electrons. The summed E-state index contributed by atoms with van der Waals surface area (Å²) in [6.45, 7) is 8.34. The molecule has 0 bridgehead atoms. The largest absolute Gasteiger partial charge is 0.459 e. The predicted octanol–water partition coefficient (Wildman–Crippen LogP) is 2.17. The number of piperazine rings is 1. The van der Waals surface area contributed by atoms with E-state index in [4.69, 9.17) is 4.42 Å². The minimum atomic E-state index is -0.114. The first kappa shape index (κ1) is 15.4. The molecule has 1 aliphatic heterocycles. The Morgan fingerprint density at radius 3 is 2.29 bits per heavy atom. The lowest BCUT2D eigenvalue weighted by Gasteiger charge is -2.33. The van der Waals surface area contributed by atoms with Gasteiger partial charge in [0.15, 0.2) is 5.76 Å². The fourth-order valence-electron chi connectivity index (χ4n) is 2.11. The molecule has 2 rings (SSSR count). The maximum absolute atomic E-state index is 12.1. The van der Waals surface area contributed by atoms with Crippen LogP contribution in [0.5, 0.6) is 0 Å². The van der Waals surface area contributed by atoms with Gasteiger partial charge in [0.1, 0.15) is 0 Å². The maximum atomic E-state index is 12.1. The SMILES string of the molecule is CC(C)(C)/C=C/C(=O)N1CCN(C(=O)c2ccco2)CC1. The molecule has 21 heavy (non-hydrogen) atoms. The van der Waals surface area contributed by atoms with E-state index in [9.17, 15) is 9.59 Å². The molecular weight excluding hydrogens is 268 g/mol. The van der Waals surface area contributed by atoms with Gasteiger partial charge in [0.2, 0.25) is 5.91 Å². The van der Waals surface area contributed by atoms with Gasteiger partial charge >= 0.3 is 0 Å². The fraction of sp³-hybridized carbons (Fsp3) is 0.500. The lowest BCUT2D eigenvalue weighted by molar-refractivity contribution is -0.127. The summed E-state index contributed by atoms with van der Waals surface area (Å²) in [5.74, 6) is 0.245. The van der Waals surface area contributed by atoms with Gasteiger partial charge in [-0.05, 0) is 23.6 Å². The van der Waals surface area contributed by atoms with Gasteiger partial charge in [-0.15, -0.1) is 0 Å². The molecule has 0 spiro atoms. The van der Waals surface area contributed by atoms with E-state index in [1.165, 1.54) is 6.26 Å². The zero-order valence-corrected chi connectivity index (χ0v) is 12.8. The molecule has 1 aromatic rings. The highest BCUT2D eigenvalue weighted by Gasteiger charge is 2.25. The van der Waals surface area contributed by atoms with Gasteiger partial charge in [0, 0.05) is 26.2 Å². The van der Waals surface area contributed by atoms with Gasteiger partial charge in [-0.3, -0.25) is 9.59 Å². The van der Waals surface area contributed by atoms with Crippen LogP contribution in [0.15, 0.2) is 35.0 Å². The summed E-state index contributed by atoms with van der Waals surface area (Å²) in [6, 6.07) is 3.36. The monoisotopic (exact) mass is 290 g/mol. The van der Waals surface area contributed by atoms with Crippen LogP contribution in [-0.4, -0.2) is 47.8 Å². The number of carbonyl (C=O) groups excluding carboxylic acids is 2. The summed E-state index contributed by atoms with van der Waals surface area (Å²) in [5, 5.41) is 0. The lowest BCUT2D eigenvalue weighted by Crippen LogP contribution is -2.50. The van der Waals surface area contributed by atoms with Crippen molar-refractivity contribution in [1.29, 1.82) is 0 Å². The van der Waals surface area contributed by atoms with Crippen LogP contribution in [0.1, 0.15) is 31.3 Å². The highest BCUT2D eigenvalue weighted by Crippen LogP contribution is 2.15. The Morgan fingerprint density at radius 2 is 1.76 bits per heavy atom. The summed E-state index contributed by atoms with van der Waals surface area (Å²) < 4.78 is 5.12. The van der Waals surface area contributed by atoms with Gasteiger partial charge < -0.3 is 14.2 Å². The third kappa shape index (κ3) is 4.21. The summed E-state index contributed by atoms with van der Waals surface area (Å²) >= 11 is 0. The van der Waals surface area contributed by atoms with Crippen LogP contribution in [0.3, 0.4) is 0 Å². The summed E-state index contributed by atoms with van der Waals surface area (Å²) in [4.78, 5) is 27.7. The number of allylic oxidation sites excluding steroid dienone is 1. The summed E-state index contributed by atoms with van der Waals surface area (Å²) in [5.41, 5.74) is -0.00721. The number of hydrogen-bond acceptors (Lipinski definition) is 3. The second-order valence-corrected chi connectivity index (χ2v) is 6.29. The average molecular weight is 290 g/mol. The van der Waals surface area contributed by atoms with Crippen molar-refractivity contribution in [2.45, 2.75) is 20.8 Å². The van der Waals surface area contributed by atoms with Gasteiger partial charge in [-0.1, -0.05) is 26.8 Å². The van der Waals surface area contributed by atoms with Crippen molar-refractivity contribution < 1.29 is 14.0 Å². The molecule has 0 N–H and O–H groups in total. The van der Waals surface area contributed by atoms with Crippen molar-refractivity contribution in [3.05, 3.63) is 36.3 Å². The molecule has 2 heterocycles. The topological polar surface area (TPSA) is 53.8 Å². The van der Waals surface area contributed by atoms with E-state index >= 15 is 0 Å². The number of amides is 2. The first-order chi connectivity index (χ1) is 9.87. The van der Waals surface area contributed by atoms with Crippen molar-refractivity contribution in [2.75, 3.05) is 26.2 Å². The Bertz CT molecular complexity index is 518. The molecule has 0 aliphatic carbocycles. The second-order valence-electron chi connectivity index (χ2n) is 6.29. The molecule has 0 aromatic carbocycles. The standard InChI is InChI=1S/C16H22N2O3/c1-16(2,3)7-6-14(19)17-8-10-18(11-9-17)15(20)13-5-4-12-21-13/h4-7,12H,8-11H2,1-3H3/b7-6+. The lowest BCUT2D eigenvalue weighted by atomic mass is 9.96. The molecule has 5 nitrogen and oxygen atoms in total. The highest BCUT2D eigenvalue weighted by atomic mass is 16.3. The van der Waals surface area contributed by atoms with Crippen LogP contribution in [-0.2, 0) is 4.79 Å². The minimum Gasteiger partial charge on any atom is -0.459 e. The van der Waals surface area contributed by atoms with E-state index < -0.39 is 0 Å². The summed E-state index contributed by atoms with van der Waals surface area (Å²) in [7, 11) is 0. The van der Waals surface area contributed by atoms with E-state index in [1.807, 2.05) is 6.08 Å². The number of hydrogen-bond donors (Lipinski definition) is 0. The number of furan rings is 1. The van der Waals surface area contributed by atoms with E-state index in [-0.39, 0.29) is 17.2 Å². The van der Waals surface area contributed by atoms with E-state index in [1.54, 1.807) is 28.0 Å². The number of nitrogens with zero attached hydrogens (tertiary/aromatic N) is 2. The van der Waals surface area contributed by atoms with Crippen LogP contribution in [0, 0.1) is 5.41 Å². The van der Waals surface area contributed by atoms with Crippen molar-refractivity contribution in [1.82, 2.24) is 9.80 Å². The zero-order valence-electron chi connectivity index (χ0n) is 12.8. The Balaban J connectivity index is 1.87. The van der Waals surface area contributed by atoms with Crippen LogP contribution >= 0.6 is 0 Å². The first-order valence-corrected chi connectivity index (χ1v) is 7.18. The van der Waals surface area contributed by atoms with Crippen molar-refractivity contribution in [3.8, 4) is 0 Å². The first-order valence-electron chi connectivity index (χ1n) is 7.18. The Morgan fingerprint density at radius 1 is 1.14 bits per heavy atom. The molecule has 5 heteroatoms. The molecule has 114 valence electrons. The number of carbonyl (C=O) groups is 2. The van der Waals surface area contributed by atoms with Gasteiger partial charge in [0.25, 0.3) is 5.91 Å². The van der Waals surface area contributed by atoms with Crippen molar-refractivity contribution >= 4 is 11.8 Å². The van der Waals surface area contributed by atoms with E-state index in [0.29, 0.717) is 31.9 Å². The van der Waals surface area contributed by atoms with Crippen molar-refractivity contribution in [2.24, 2.45) is 5.41 Å². The third-order valence-corrected chi connectivity index (χ3v) is 3.34. The Labute approximate surface area is 125 Å². The molecule has 1 aliphatic rings. The smallest absolute Gasteiger partial charge is 0.289 e. The molecule has 1 fully saturated rings. The summed E-state index contributed by atoms with van der Waals surface area (Å²) in [6.07, 6.45) is 5.03. The maximum Gasteiger partial charge on any atom is 0.289 e. The van der Waals surface area contributed by atoms with Gasteiger partial charge in [-0.2, -0.15) is 0 Å². The van der Waals surface area contributed by atoms with Crippen molar-refractivity contribution in [3.63, 3.8) is 0 Å². The minimum absolute atomic E-state index is 0.00721. The molecule has 2 amide bonds. The Kier molecular flexibility index (Phi) is 4.50. The number of rotatable bonds is 2. The zero-order chi connectivity index (χ0) is 15.5. The van der Waals surface area contributed by atoms with E-state index in [2.05, 4.69) is 20.8 Å². The fourth-order valence-corrected chi connectivity index (χ4v) is 2.11. The quantitative estimate of drug-likeness (QED) is 0.784. The van der Waals surface area contributed by atoms with Crippen LogP contribution in [0.4, 0.5) is 0 Å². The van der Waals surface area contributed by atoms with Gasteiger partial charge in [-0.25, -0.2) is 0 Å². The van der Waals surface area contributed by atoms with Crippen LogP contribution < -0.4 is 0 Å². The molecular formula is C16H22N2O3. The van der Waals surface area contributed by atoms with Crippen LogP contribution in [0.2, 0.25) is 0 Å². The molecule has 0 saturated carbocycles. The normalized spacial score (nSPS) is 16.5. The molecule has 1 saturated heterocycles. The molecule has 0 atom stereocenters. The van der Waals surface area contributed by atoms with Gasteiger partial charge in [0.05, 0.1) is 6.26 Å².